The fraction of sp³-hybridized carbons (Fsp3) is 0.355. The Hall–Kier alpha value is -3.85. The molecule has 0 saturated heterocycles. The molecule has 3 aromatic carbocycles. The van der Waals surface area contributed by atoms with E-state index in [1.807, 2.05) is 58.9 Å². The van der Waals surface area contributed by atoms with Crippen molar-refractivity contribution in [1.82, 2.24) is 10.2 Å². The number of hydrogen-bond acceptors (Lipinski definition) is 5. The first-order chi connectivity index (χ1) is 19.0. The minimum Gasteiger partial charge on any atom is -0.497 e. The van der Waals surface area contributed by atoms with E-state index < -0.39 is 28.5 Å². The zero-order valence-corrected chi connectivity index (χ0v) is 24.9. The van der Waals surface area contributed by atoms with E-state index in [0.29, 0.717) is 17.9 Å². The quantitative estimate of drug-likeness (QED) is 0.339. The molecule has 0 aliphatic heterocycles. The van der Waals surface area contributed by atoms with Crippen LogP contribution in [0.2, 0.25) is 0 Å². The van der Waals surface area contributed by atoms with E-state index in [1.165, 1.54) is 24.1 Å². The van der Waals surface area contributed by atoms with Crippen LogP contribution in [0.15, 0.2) is 77.7 Å². The third-order valence-corrected chi connectivity index (χ3v) is 8.33. The minimum atomic E-state index is -4.12. The molecule has 9 heteroatoms. The number of benzene rings is 3. The first-order valence-electron chi connectivity index (χ1n) is 13.3. The van der Waals surface area contributed by atoms with Gasteiger partial charge in [-0.15, -0.1) is 0 Å². The van der Waals surface area contributed by atoms with E-state index in [9.17, 15) is 18.0 Å². The SMILES string of the molecule is CC[C@H](C(=O)NC(C)C)N(Cc1ccc(C)cc1)C(=O)CN(c1ccc(OC)cc1)S(=O)(=O)c1ccc(C)cc1. The van der Waals surface area contributed by atoms with E-state index >= 15 is 0 Å². The molecule has 3 aromatic rings. The second-order valence-corrected chi connectivity index (χ2v) is 12.0. The number of hydrogen-bond donors (Lipinski definition) is 1. The van der Waals surface area contributed by atoms with Gasteiger partial charge in [0.05, 0.1) is 17.7 Å². The van der Waals surface area contributed by atoms with Crippen LogP contribution in [0.5, 0.6) is 5.75 Å². The predicted octanol–water partition coefficient (Wildman–Crippen LogP) is 4.84. The van der Waals surface area contributed by atoms with Crippen molar-refractivity contribution in [3.05, 3.63) is 89.5 Å². The highest BCUT2D eigenvalue weighted by atomic mass is 32.2. The van der Waals surface area contributed by atoms with Crippen LogP contribution in [0.1, 0.15) is 43.9 Å². The maximum absolute atomic E-state index is 14.1. The summed E-state index contributed by atoms with van der Waals surface area (Å²) < 4.78 is 34.2. The molecule has 0 heterocycles. The largest absolute Gasteiger partial charge is 0.497 e. The molecule has 0 saturated carbocycles. The van der Waals surface area contributed by atoms with Gasteiger partial charge in [0.15, 0.2) is 0 Å². The lowest BCUT2D eigenvalue weighted by Crippen LogP contribution is -2.53. The molecule has 0 aromatic heterocycles. The summed E-state index contributed by atoms with van der Waals surface area (Å²) in [7, 11) is -2.60. The van der Waals surface area contributed by atoms with Crippen LogP contribution >= 0.6 is 0 Å². The average Bonchev–Trinajstić information content (AvgIpc) is 2.92. The van der Waals surface area contributed by atoms with Crippen LogP contribution in [0.25, 0.3) is 0 Å². The van der Waals surface area contributed by atoms with Gasteiger partial charge in [0, 0.05) is 12.6 Å². The highest BCUT2D eigenvalue weighted by Crippen LogP contribution is 2.27. The molecule has 0 spiro atoms. The molecule has 8 nitrogen and oxygen atoms in total. The van der Waals surface area contributed by atoms with E-state index in [4.69, 9.17) is 4.74 Å². The number of sulfonamides is 1. The first-order valence-corrected chi connectivity index (χ1v) is 14.8. The van der Waals surface area contributed by atoms with Gasteiger partial charge in [-0.05, 0) is 76.1 Å². The van der Waals surface area contributed by atoms with Crippen molar-refractivity contribution >= 4 is 27.5 Å². The molecule has 0 fully saturated rings. The van der Waals surface area contributed by atoms with Gasteiger partial charge in [-0.25, -0.2) is 8.42 Å². The van der Waals surface area contributed by atoms with Crippen molar-refractivity contribution in [1.29, 1.82) is 0 Å². The Balaban J connectivity index is 2.06. The monoisotopic (exact) mass is 565 g/mol. The molecule has 0 aliphatic carbocycles. The number of nitrogens with zero attached hydrogens (tertiary/aromatic N) is 2. The number of rotatable bonds is 12. The van der Waals surface area contributed by atoms with E-state index in [1.54, 1.807) is 36.4 Å². The summed E-state index contributed by atoms with van der Waals surface area (Å²) in [5.74, 6) is -0.214. The number of ether oxygens (including phenoxy) is 1. The summed E-state index contributed by atoms with van der Waals surface area (Å²) in [6.45, 7) is 9.07. The number of carbonyl (C=O) groups is 2. The van der Waals surface area contributed by atoms with Crippen LogP contribution in [0.4, 0.5) is 5.69 Å². The summed E-state index contributed by atoms with van der Waals surface area (Å²) >= 11 is 0. The number of amides is 2. The second kappa shape index (κ2) is 13.5. The van der Waals surface area contributed by atoms with Gasteiger partial charge < -0.3 is 15.0 Å². The lowest BCUT2D eigenvalue weighted by atomic mass is 10.1. The van der Waals surface area contributed by atoms with Crippen molar-refractivity contribution in [2.24, 2.45) is 0 Å². The molecule has 0 aliphatic rings. The molecule has 214 valence electrons. The topological polar surface area (TPSA) is 96.0 Å². The number of carbonyl (C=O) groups excluding carboxylic acids is 2. The molecule has 1 N–H and O–H groups in total. The van der Waals surface area contributed by atoms with Gasteiger partial charge in [0.2, 0.25) is 11.8 Å². The Morgan fingerprint density at radius 2 is 1.43 bits per heavy atom. The zero-order valence-electron chi connectivity index (χ0n) is 24.0. The van der Waals surface area contributed by atoms with Gasteiger partial charge in [-0.1, -0.05) is 54.4 Å². The number of anilines is 1. The Morgan fingerprint density at radius 1 is 0.875 bits per heavy atom. The van der Waals surface area contributed by atoms with Crippen LogP contribution in [-0.2, 0) is 26.2 Å². The number of methoxy groups -OCH3 is 1. The van der Waals surface area contributed by atoms with Crippen molar-refractivity contribution < 1.29 is 22.7 Å². The smallest absolute Gasteiger partial charge is 0.264 e. The number of nitrogens with one attached hydrogen (secondary N) is 1. The lowest BCUT2D eigenvalue weighted by molar-refractivity contribution is -0.140. The van der Waals surface area contributed by atoms with Gasteiger partial charge in [0.25, 0.3) is 10.0 Å². The van der Waals surface area contributed by atoms with E-state index in [0.717, 1.165) is 21.0 Å². The molecule has 0 radical (unpaired) electrons. The molecule has 1 atom stereocenters. The Morgan fingerprint density at radius 3 is 1.93 bits per heavy atom. The average molecular weight is 566 g/mol. The van der Waals surface area contributed by atoms with Crippen LogP contribution in [0.3, 0.4) is 0 Å². The van der Waals surface area contributed by atoms with Gasteiger partial charge in [0.1, 0.15) is 18.3 Å². The Bertz CT molecular complexity index is 1390. The standard InChI is InChI=1S/C31H39N3O5S/c1-7-29(31(36)32-22(2)3)33(20-25-12-8-23(4)9-13-25)30(35)21-34(26-14-16-27(39-6)17-15-26)40(37,38)28-18-10-24(5)11-19-28/h8-19,22,29H,7,20-21H2,1-6H3,(H,32,36)/t29-/m1/s1. The maximum Gasteiger partial charge on any atom is 0.264 e. The Kier molecular flexibility index (Phi) is 10.3. The Labute approximate surface area is 238 Å². The van der Waals surface area contributed by atoms with Crippen molar-refractivity contribution in [3.8, 4) is 5.75 Å². The van der Waals surface area contributed by atoms with Gasteiger partial charge >= 0.3 is 0 Å². The van der Waals surface area contributed by atoms with E-state index in [-0.39, 0.29) is 23.4 Å². The molecular weight excluding hydrogens is 526 g/mol. The van der Waals surface area contributed by atoms with Crippen molar-refractivity contribution in [2.45, 2.75) is 64.6 Å². The highest BCUT2D eigenvalue weighted by Gasteiger charge is 2.33. The predicted molar refractivity (Wildman–Crippen MR) is 158 cm³/mol. The highest BCUT2D eigenvalue weighted by molar-refractivity contribution is 7.92. The molecule has 0 unspecified atom stereocenters. The van der Waals surface area contributed by atoms with Crippen LogP contribution < -0.4 is 14.4 Å². The van der Waals surface area contributed by atoms with Crippen molar-refractivity contribution in [3.63, 3.8) is 0 Å². The third kappa shape index (κ3) is 7.63. The van der Waals surface area contributed by atoms with Crippen LogP contribution in [-0.4, -0.2) is 50.9 Å². The number of aryl methyl sites for hydroxylation is 2. The minimum absolute atomic E-state index is 0.0661. The van der Waals surface area contributed by atoms with Gasteiger partial charge in [-0.2, -0.15) is 0 Å². The normalized spacial score (nSPS) is 12.1. The summed E-state index contributed by atoms with van der Waals surface area (Å²) in [5.41, 5.74) is 3.13. The fourth-order valence-electron chi connectivity index (χ4n) is 4.31. The van der Waals surface area contributed by atoms with Gasteiger partial charge in [-0.3, -0.25) is 13.9 Å². The molecule has 3 rings (SSSR count). The lowest BCUT2D eigenvalue weighted by Gasteiger charge is -2.33. The molecule has 2 amide bonds. The molecule has 0 bridgehead atoms. The van der Waals surface area contributed by atoms with Crippen molar-refractivity contribution in [2.75, 3.05) is 18.0 Å². The fourth-order valence-corrected chi connectivity index (χ4v) is 5.72. The third-order valence-electron chi connectivity index (χ3n) is 6.54. The maximum atomic E-state index is 14.1. The van der Waals surface area contributed by atoms with Crippen LogP contribution in [0, 0.1) is 13.8 Å². The van der Waals surface area contributed by atoms with E-state index in [2.05, 4.69) is 5.32 Å². The summed E-state index contributed by atoms with van der Waals surface area (Å²) in [4.78, 5) is 28.8. The zero-order chi connectivity index (χ0) is 29.4. The summed E-state index contributed by atoms with van der Waals surface area (Å²) in [6, 6.07) is 19.8. The second-order valence-electron chi connectivity index (χ2n) is 10.1. The molecule has 40 heavy (non-hydrogen) atoms. The summed E-state index contributed by atoms with van der Waals surface area (Å²) in [6.07, 6.45) is 0.364. The first kappa shape index (κ1) is 30.7. The molecular formula is C31H39N3O5S. The summed E-state index contributed by atoms with van der Waals surface area (Å²) in [5, 5.41) is 2.90.